The zero-order valence-electron chi connectivity index (χ0n) is 17.8. The minimum atomic E-state index is -0.173. The number of carbonyl (C=O) groups excluding carboxylic acids is 2. The molecule has 0 radical (unpaired) electrons. The molecule has 29 heavy (non-hydrogen) atoms. The zero-order chi connectivity index (χ0) is 21.2. The van der Waals surface area contributed by atoms with Gasteiger partial charge in [-0.15, -0.1) is 11.3 Å². The summed E-state index contributed by atoms with van der Waals surface area (Å²) in [6.45, 7) is 8.63. The molecule has 1 aliphatic rings. The summed E-state index contributed by atoms with van der Waals surface area (Å²) >= 11 is 1.56. The Morgan fingerprint density at radius 3 is 2.45 bits per heavy atom. The zero-order valence-corrected chi connectivity index (χ0v) is 18.7. The average Bonchev–Trinajstić information content (AvgIpc) is 3.04. The SMILES string of the molecule is CCC(=O)Nc1sc2c(c1C(=O)Nc1ccc(OC)cc1)CC[C@@H](C(C)(C)C)C2. The molecule has 6 heteroatoms. The Kier molecular flexibility index (Phi) is 6.32. The van der Waals surface area contributed by atoms with Crippen molar-refractivity contribution in [1.82, 2.24) is 0 Å². The van der Waals surface area contributed by atoms with Crippen molar-refractivity contribution in [3.05, 3.63) is 40.3 Å². The number of carbonyl (C=O) groups is 2. The minimum absolute atomic E-state index is 0.0746. The summed E-state index contributed by atoms with van der Waals surface area (Å²) in [5.74, 6) is 1.06. The molecule has 0 fully saturated rings. The van der Waals surface area contributed by atoms with E-state index in [1.54, 1.807) is 18.4 Å². The lowest BCUT2D eigenvalue weighted by Gasteiger charge is -2.33. The van der Waals surface area contributed by atoms with E-state index in [0.29, 0.717) is 28.6 Å². The molecule has 1 aliphatic carbocycles. The number of nitrogens with one attached hydrogen (secondary N) is 2. The van der Waals surface area contributed by atoms with Crippen LogP contribution in [0.5, 0.6) is 5.75 Å². The van der Waals surface area contributed by atoms with E-state index in [9.17, 15) is 9.59 Å². The number of fused-ring (bicyclic) bond motifs is 1. The van der Waals surface area contributed by atoms with E-state index in [4.69, 9.17) is 4.74 Å². The van der Waals surface area contributed by atoms with Gasteiger partial charge < -0.3 is 15.4 Å². The number of thiophene rings is 1. The molecule has 3 rings (SSSR count). The van der Waals surface area contributed by atoms with Crippen LogP contribution in [-0.2, 0) is 17.6 Å². The molecule has 0 saturated heterocycles. The first kappa shape index (κ1) is 21.4. The largest absolute Gasteiger partial charge is 0.497 e. The van der Waals surface area contributed by atoms with E-state index >= 15 is 0 Å². The van der Waals surface area contributed by atoms with Gasteiger partial charge in [0.15, 0.2) is 0 Å². The Balaban J connectivity index is 1.92. The molecule has 2 N–H and O–H groups in total. The number of benzene rings is 1. The van der Waals surface area contributed by atoms with Gasteiger partial charge in [-0.3, -0.25) is 9.59 Å². The van der Waals surface area contributed by atoms with Gasteiger partial charge in [-0.25, -0.2) is 0 Å². The maximum absolute atomic E-state index is 13.2. The highest BCUT2D eigenvalue weighted by atomic mass is 32.1. The van der Waals surface area contributed by atoms with Crippen LogP contribution >= 0.6 is 11.3 Å². The van der Waals surface area contributed by atoms with Gasteiger partial charge in [0.1, 0.15) is 10.8 Å². The molecule has 2 aromatic rings. The molecule has 5 nitrogen and oxygen atoms in total. The van der Waals surface area contributed by atoms with E-state index in [1.165, 1.54) is 4.88 Å². The standard InChI is InChI=1S/C23H30N2O3S/c1-6-19(26)25-22-20(21(27)24-15-8-10-16(28-5)11-9-15)17-12-7-14(23(2,3)4)13-18(17)29-22/h8-11,14H,6-7,12-13H2,1-5H3,(H,24,27)(H,25,26)/t14-/m1/s1. The van der Waals surface area contributed by atoms with E-state index < -0.39 is 0 Å². The van der Waals surface area contributed by atoms with Crippen molar-refractivity contribution in [3.8, 4) is 5.75 Å². The van der Waals surface area contributed by atoms with E-state index in [1.807, 2.05) is 31.2 Å². The third kappa shape index (κ3) is 4.81. The average molecular weight is 415 g/mol. The van der Waals surface area contributed by atoms with Gasteiger partial charge in [-0.1, -0.05) is 27.7 Å². The third-order valence-corrected chi connectivity index (χ3v) is 6.81. The van der Waals surface area contributed by atoms with Crippen molar-refractivity contribution in [3.63, 3.8) is 0 Å². The first-order chi connectivity index (χ1) is 13.7. The van der Waals surface area contributed by atoms with Crippen molar-refractivity contribution in [2.24, 2.45) is 11.3 Å². The van der Waals surface area contributed by atoms with Crippen LogP contribution in [-0.4, -0.2) is 18.9 Å². The molecular weight excluding hydrogens is 384 g/mol. The van der Waals surface area contributed by atoms with Crippen molar-refractivity contribution >= 4 is 33.8 Å². The van der Waals surface area contributed by atoms with Crippen molar-refractivity contribution in [1.29, 1.82) is 0 Å². The maximum atomic E-state index is 13.2. The highest BCUT2D eigenvalue weighted by molar-refractivity contribution is 7.17. The van der Waals surface area contributed by atoms with Crippen LogP contribution in [0.3, 0.4) is 0 Å². The summed E-state index contributed by atoms with van der Waals surface area (Å²) in [6.07, 6.45) is 3.25. The van der Waals surface area contributed by atoms with Crippen molar-refractivity contribution in [2.75, 3.05) is 17.7 Å². The fourth-order valence-electron chi connectivity index (χ4n) is 3.74. The third-order valence-electron chi connectivity index (χ3n) is 5.64. The lowest BCUT2D eigenvalue weighted by Crippen LogP contribution is -2.27. The van der Waals surface area contributed by atoms with Crippen molar-refractivity contribution < 1.29 is 14.3 Å². The van der Waals surface area contributed by atoms with Gasteiger partial charge in [-0.05, 0) is 60.4 Å². The smallest absolute Gasteiger partial charge is 0.258 e. The molecule has 0 bridgehead atoms. The Hall–Kier alpha value is -2.34. The first-order valence-electron chi connectivity index (χ1n) is 10.1. The monoisotopic (exact) mass is 414 g/mol. The fourth-order valence-corrected chi connectivity index (χ4v) is 5.08. The molecule has 1 aromatic heterocycles. The number of hydrogen-bond donors (Lipinski definition) is 2. The number of ether oxygens (including phenoxy) is 1. The summed E-state index contributed by atoms with van der Waals surface area (Å²) in [5, 5.41) is 6.60. The number of hydrogen-bond acceptors (Lipinski definition) is 4. The van der Waals surface area contributed by atoms with Crippen LogP contribution < -0.4 is 15.4 Å². The number of amides is 2. The van der Waals surface area contributed by atoms with Gasteiger partial charge in [0.25, 0.3) is 5.91 Å². The maximum Gasteiger partial charge on any atom is 0.258 e. The fraction of sp³-hybridized carbons (Fsp3) is 0.478. The highest BCUT2D eigenvalue weighted by Gasteiger charge is 2.34. The molecule has 2 amide bonds. The van der Waals surface area contributed by atoms with Gasteiger partial charge >= 0.3 is 0 Å². The Bertz CT molecular complexity index is 894. The van der Waals surface area contributed by atoms with Crippen LogP contribution in [0.2, 0.25) is 0 Å². The van der Waals surface area contributed by atoms with Crippen molar-refractivity contribution in [2.45, 2.75) is 53.4 Å². The molecule has 0 saturated carbocycles. The summed E-state index contributed by atoms with van der Waals surface area (Å²) in [5.41, 5.74) is 2.63. The summed E-state index contributed by atoms with van der Waals surface area (Å²) < 4.78 is 5.17. The summed E-state index contributed by atoms with van der Waals surface area (Å²) in [6, 6.07) is 7.25. The Labute approximate surface area is 176 Å². The topological polar surface area (TPSA) is 67.4 Å². The van der Waals surface area contributed by atoms with E-state index in [2.05, 4.69) is 31.4 Å². The van der Waals surface area contributed by atoms with Crippen LogP contribution in [0.1, 0.15) is 61.3 Å². The molecule has 0 unspecified atom stereocenters. The molecular formula is C23H30N2O3S. The van der Waals surface area contributed by atoms with Crippen LogP contribution in [0.15, 0.2) is 24.3 Å². The predicted octanol–water partition coefficient (Wildman–Crippen LogP) is 5.51. The highest BCUT2D eigenvalue weighted by Crippen LogP contribution is 2.44. The summed E-state index contributed by atoms with van der Waals surface area (Å²) in [7, 11) is 1.61. The molecule has 1 atom stereocenters. The van der Waals surface area contributed by atoms with Gasteiger partial charge in [0, 0.05) is 17.0 Å². The molecule has 1 heterocycles. The normalized spacial score (nSPS) is 16.1. The van der Waals surface area contributed by atoms with Crippen LogP contribution in [0, 0.1) is 11.3 Å². The number of methoxy groups -OCH3 is 1. The quantitative estimate of drug-likeness (QED) is 0.678. The summed E-state index contributed by atoms with van der Waals surface area (Å²) in [4.78, 5) is 26.5. The Morgan fingerprint density at radius 2 is 1.86 bits per heavy atom. The second-order valence-electron chi connectivity index (χ2n) is 8.60. The number of rotatable bonds is 5. The molecule has 0 spiro atoms. The predicted molar refractivity (Wildman–Crippen MR) is 119 cm³/mol. The second-order valence-corrected chi connectivity index (χ2v) is 9.70. The second kappa shape index (κ2) is 8.57. The number of anilines is 2. The Morgan fingerprint density at radius 1 is 1.17 bits per heavy atom. The molecule has 0 aliphatic heterocycles. The molecule has 156 valence electrons. The lowest BCUT2D eigenvalue weighted by molar-refractivity contribution is -0.115. The van der Waals surface area contributed by atoms with Crippen LogP contribution in [0.25, 0.3) is 0 Å². The van der Waals surface area contributed by atoms with E-state index in [-0.39, 0.29) is 17.2 Å². The first-order valence-corrected chi connectivity index (χ1v) is 10.9. The van der Waals surface area contributed by atoms with Gasteiger partial charge in [0.05, 0.1) is 12.7 Å². The minimum Gasteiger partial charge on any atom is -0.497 e. The van der Waals surface area contributed by atoms with Gasteiger partial charge in [-0.2, -0.15) is 0 Å². The van der Waals surface area contributed by atoms with Gasteiger partial charge in [0.2, 0.25) is 5.91 Å². The lowest BCUT2D eigenvalue weighted by atomic mass is 9.72. The van der Waals surface area contributed by atoms with Crippen LogP contribution in [0.4, 0.5) is 10.7 Å². The van der Waals surface area contributed by atoms with E-state index in [0.717, 1.165) is 30.6 Å². The molecule has 1 aromatic carbocycles.